The molecule has 1 aliphatic carbocycles. The molecule has 1 heterocycles. The van der Waals surface area contributed by atoms with Crippen molar-refractivity contribution < 1.29 is 18.7 Å². The smallest absolute Gasteiger partial charge is 0.245 e. The average Bonchev–Trinajstić information content (AvgIpc) is 3.33. The van der Waals surface area contributed by atoms with Crippen LogP contribution in [-0.4, -0.2) is 41.9 Å². The molecular formula is C26H39FN2O3. The third kappa shape index (κ3) is 5.26. The van der Waals surface area contributed by atoms with Gasteiger partial charge in [-0.25, -0.2) is 4.39 Å². The van der Waals surface area contributed by atoms with Gasteiger partial charge in [-0.1, -0.05) is 34.6 Å². The molecular weight excluding hydrogens is 407 g/mol. The van der Waals surface area contributed by atoms with Crippen molar-refractivity contribution in [1.29, 1.82) is 0 Å². The molecule has 6 heteroatoms. The van der Waals surface area contributed by atoms with Crippen molar-refractivity contribution in [3.05, 3.63) is 29.6 Å². The fourth-order valence-corrected chi connectivity index (χ4v) is 5.07. The molecule has 2 aliphatic rings. The van der Waals surface area contributed by atoms with E-state index < -0.39 is 6.04 Å². The number of benzene rings is 1. The molecule has 0 radical (unpaired) electrons. The average molecular weight is 447 g/mol. The lowest BCUT2D eigenvalue weighted by Crippen LogP contribution is -2.57. The lowest BCUT2D eigenvalue weighted by molar-refractivity contribution is -0.142. The normalized spacial score (nSPS) is 24.7. The van der Waals surface area contributed by atoms with Crippen molar-refractivity contribution in [2.24, 2.45) is 23.2 Å². The number of nitrogens with zero attached hydrogens (tertiary/aromatic N) is 1. The van der Waals surface area contributed by atoms with Gasteiger partial charge in [0.15, 0.2) is 0 Å². The van der Waals surface area contributed by atoms with Crippen molar-refractivity contribution in [1.82, 2.24) is 10.2 Å². The van der Waals surface area contributed by atoms with Gasteiger partial charge in [-0.2, -0.15) is 0 Å². The van der Waals surface area contributed by atoms with Crippen LogP contribution < -0.4 is 10.1 Å². The Hall–Kier alpha value is -2.11. The van der Waals surface area contributed by atoms with Crippen LogP contribution in [0.25, 0.3) is 0 Å². The van der Waals surface area contributed by atoms with Gasteiger partial charge in [0.05, 0.1) is 6.61 Å². The molecule has 0 unspecified atom stereocenters. The Labute approximate surface area is 192 Å². The number of halogens is 1. The zero-order chi connectivity index (χ0) is 23.6. The van der Waals surface area contributed by atoms with Crippen LogP contribution in [0.3, 0.4) is 0 Å². The van der Waals surface area contributed by atoms with Crippen molar-refractivity contribution in [2.75, 3.05) is 13.2 Å². The second kappa shape index (κ2) is 9.80. The quantitative estimate of drug-likeness (QED) is 0.660. The third-order valence-electron chi connectivity index (χ3n) is 7.31. The second-order valence-corrected chi connectivity index (χ2v) is 10.7. The molecule has 1 aliphatic heterocycles. The monoisotopic (exact) mass is 446 g/mol. The highest BCUT2D eigenvalue weighted by atomic mass is 19.1. The van der Waals surface area contributed by atoms with E-state index in [2.05, 4.69) is 5.32 Å². The fourth-order valence-electron chi connectivity index (χ4n) is 5.07. The number of carbonyl (C=O) groups is 2. The second-order valence-electron chi connectivity index (χ2n) is 10.7. The van der Waals surface area contributed by atoms with Crippen LogP contribution in [0.5, 0.6) is 5.75 Å². The van der Waals surface area contributed by atoms with Gasteiger partial charge >= 0.3 is 0 Å². The number of rotatable bonds is 7. The van der Waals surface area contributed by atoms with Crippen LogP contribution in [0.15, 0.2) is 18.2 Å². The number of ether oxygens (including phenoxy) is 1. The Morgan fingerprint density at radius 3 is 2.59 bits per heavy atom. The molecule has 1 aromatic carbocycles. The van der Waals surface area contributed by atoms with Gasteiger partial charge in [-0.05, 0) is 67.7 Å². The van der Waals surface area contributed by atoms with Crippen LogP contribution in [0, 0.1) is 35.9 Å². The first kappa shape index (κ1) is 24.5. The summed E-state index contributed by atoms with van der Waals surface area (Å²) in [7, 11) is 0. The number of aryl methyl sites for hydroxylation is 1. The first-order valence-electron chi connectivity index (χ1n) is 12.0. The number of carbonyl (C=O) groups excluding carboxylic acids is 2. The SMILES string of the molecule is CC[C@@H](C)C(=O)N[C@H](C(=O)N1CC[C@H]2CC[C@H](COc3ccc(F)c(C)c3)[C@H]21)C(C)(C)C. The maximum Gasteiger partial charge on any atom is 0.245 e. The number of hydrogen-bond acceptors (Lipinski definition) is 3. The Morgan fingerprint density at radius 2 is 1.97 bits per heavy atom. The summed E-state index contributed by atoms with van der Waals surface area (Å²) >= 11 is 0. The van der Waals surface area contributed by atoms with E-state index in [9.17, 15) is 14.0 Å². The Balaban J connectivity index is 1.72. The number of fused-ring (bicyclic) bond motifs is 1. The zero-order valence-corrected chi connectivity index (χ0v) is 20.4. The minimum atomic E-state index is -0.551. The van der Waals surface area contributed by atoms with E-state index in [1.165, 1.54) is 6.07 Å². The standard InChI is InChI=1S/C26H39FN2O3/c1-7-16(2)24(30)28-23(26(4,5)6)25(31)29-13-12-18-8-9-19(22(18)29)15-32-20-10-11-21(27)17(3)14-20/h10-11,14,16,18-19,22-23H,7-9,12-13,15H2,1-6H3,(H,28,30)/t16-,18-,19-,22+,23-/m1/s1. The zero-order valence-electron chi connectivity index (χ0n) is 20.4. The van der Waals surface area contributed by atoms with E-state index in [1.54, 1.807) is 19.1 Å². The van der Waals surface area contributed by atoms with Crippen LogP contribution in [0.1, 0.15) is 65.9 Å². The van der Waals surface area contributed by atoms with Crippen LogP contribution in [0.2, 0.25) is 0 Å². The number of nitrogens with one attached hydrogen (secondary N) is 1. The molecule has 178 valence electrons. The summed E-state index contributed by atoms with van der Waals surface area (Å²) in [4.78, 5) is 28.3. The summed E-state index contributed by atoms with van der Waals surface area (Å²) in [6.45, 7) is 12.9. The molecule has 2 fully saturated rings. The van der Waals surface area contributed by atoms with Crippen LogP contribution >= 0.6 is 0 Å². The summed E-state index contributed by atoms with van der Waals surface area (Å²) in [6.07, 6.45) is 3.84. The lowest BCUT2D eigenvalue weighted by Gasteiger charge is -2.37. The molecule has 1 saturated heterocycles. The molecule has 5 atom stereocenters. The van der Waals surface area contributed by atoms with E-state index in [1.807, 2.05) is 39.5 Å². The first-order valence-corrected chi connectivity index (χ1v) is 12.0. The van der Waals surface area contributed by atoms with Crippen molar-refractivity contribution in [3.8, 4) is 5.75 Å². The number of hydrogen-bond donors (Lipinski definition) is 1. The van der Waals surface area contributed by atoms with Gasteiger partial charge in [-0.15, -0.1) is 0 Å². The van der Waals surface area contributed by atoms with Crippen LogP contribution in [-0.2, 0) is 9.59 Å². The van der Waals surface area contributed by atoms with Crippen LogP contribution in [0.4, 0.5) is 4.39 Å². The first-order chi connectivity index (χ1) is 15.0. The summed E-state index contributed by atoms with van der Waals surface area (Å²) in [6, 6.07) is 4.40. The van der Waals surface area contributed by atoms with Crippen molar-refractivity contribution in [3.63, 3.8) is 0 Å². The number of likely N-dealkylation sites (tertiary alicyclic amines) is 1. The Morgan fingerprint density at radius 1 is 1.25 bits per heavy atom. The molecule has 1 aromatic rings. The van der Waals surface area contributed by atoms with Crippen molar-refractivity contribution >= 4 is 11.8 Å². The van der Waals surface area contributed by atoms with Gasteiger partial charge < -0.3 is 15.0 Å². The topological polar surface area (TPSA) is 58.6 Å². The van der Waals surface area contributed by atoms with Gasteiger partial charge in [0, 0.05) is 24.4 Å². The largest absolute Gasteiger partial charge is 0.493 e. The molecule has 5 nitrogen and oxygen atoms in total. The summed E-state index contributed by atoms with van der Waals surface area (Å²) in [5.41, 5.74) is 0.184. The predicted molar refractivity (Wildman–Crippen MR) is 124 cm³/mol. The highest BCUT2D eigenvalue weighted by molar-refractivity contribution is 5.89. The molecule has 0 spiro atoms. The maximum atomic E-state index is 13.7. The fraction of sp³-hybridized carbons (Fsp3) is 0.692. The van der Waals surface area contributed by atoms with Crippen molar-refractivity contribution in [2.45, 2.75) is 79.3 Å². The molecule has 3 rings (SSSR count). The molecule has 0 bridgehead atoms. The van der Waals surface area contributed by atoms with Gasteiger partial charge in [0.2, 0.25) is 11.8 Å². The molecule has 1 saturated carbocycles. The maximum absolute atomic E-state index is 13.7. The minimum Gasteiger partial charge on any atom is -0.493 e. The molecule has 32 heavy (non-hydrogen) atoms. The highest BCUT2D eigenvalue weighted by Gasteiger charge is 2.49. The van der Waals surface area contributed by atoms with Gasteiger partial charge in [0.25, 0.3) is 0 Å². The lowest BCUT2D eigenvalue weighted by atomic mass is 9.84. The minimum absolute atomic E-state index is 0.0196. The highest BCUT2D eigenvalue weighted by Crippen LogP contribution is 2.43. The molecule has 2 amide bonds. The van der Waals surface area contributed by atoms with E-state index >= 15 is 0 Å². The molecule has 0 aromatic heterocycles. The van der Waals surface area contributed by atoms with E-state index in [0.29, 0.717) is 23.8 Å². The summed E-state index contributed by atoms with van der Waals surface area (Å²) in [5, 5.41) is 3.05. The van der Waals surface area contributed by atoms with Gasteiger partial charge in [0.1, 0.15) is 17.6 Å². The van der Waals surface area contributed by atoms with Gasteiger partial charge in [-0.3, -0.25) is 9.59 Å². The Bertz CT molecular complexity index is 835. The summed E-state index contributed by atoms with van der Waals surface area (Å²) in [5.74, 6) is 0.984. The van der Waals surface area contributed by atoms with E-state index in [4.69, 9.17) is 4.74 Å². The molecule has 1 N–H and O–H groups in total. The summed E-state index contributed by atoms with van der Waals surface area (Å²) < 4.78 is 19.6. The van der Waals surface area contributed by atoms with E-state index in [-0.39, 0.29) is 40.9 Å². The van der Waals surface area contributed by atoms with E-state index in [0.717, 1.165) is 32.2 Å². The number of amides is 2. The Kier molecular flexibility index (Phi) is 7.51. The predicted octanol–water partition coefficient (Wildman–Crippen LogP) is 4.72. The third-order valence-corrected chi connectivity index (χ3v) is 7.31.